The molecule has 12 nitrogen and oxygen atoms in total. The molecule has 2 aromatic carbocycles. The van der Waals surface area contributed by atoms with E-state index in [-0.39, 0.29) is 29.1 Å². The number of anilines is 1. The Morgan fingerprint density at radius 3 is 2.50 bits per heavy atom. The molecule has 13 heteroatoms. The largest absolute Gasteiger partial charge is 0.490 e. The van der Waals surface area contributed by atoms with Gasteiger partial charge in [-0.3, -0.25) is 4.79 Å². The minimum Gasteiger partial charge on any atom is -0.490 e. The predicted octanol–water partition coefficient (Wildman–Crippen LogP) is 4.18. The van der Waals surface area contributed by atoms with Crippen LogP contribution in [0, 0.1) is 5.92 Å². The van der Waals surface area contributed by atoms with Crippen LogP contribution < -0.4 is 26.4 Å². The van der Waals surface area contributed by atoms with Gasteiger partial charge < -0.3 is 36.5 Å². The predicted molar refractivity (Wildman–Crippen MR) is 180 cm³/mol. The number of aliphatic hydroxyl groups is 1. The molecule has 3 amide bonds. The summed E-state index contributed by atoms with van der Waals surface area (Å²) in [6, 6.07) is 13.0. The van der Waals surface area contributed by atoms with Gasteiger partial charge in [-0.2, -0.15) is 4.31 Å². The lowest BCUT2D eigenvalue weighted by atomic mass is 9.98. The number of hydrogen-bond donors (Lipinski definition) is 6. The van der Waals surface area contributed by atoms with E-state index in [2.05, 4.69) is 27.9 Å². The molecule has 0 radical (unpaired) electrons. The van der Waals surface area contributed by atoms with E-state index in [9.17, 15) is 23.1 Å². The normalized spacial score (nSPS) is 15.1. The van der Waals surface area contributed by atoms with Gasteiger partial charge in [0, 0.05) is 42.8 Å². The highest BCUT2D eigenvalue weighted by Crippen LogP contribution is 2.27. The molecule has 0 spiro atoms. The van der Waals surface area contributed by atoms with E-state index >= 15 is 0 Å². The van der Waals surface area contributed by atoms with Gasteiger partial charge in [-0.05, 0) is 74.2 Å². The van der Waals surface area contributed by atoms with E-state index in [4.69, 9.17) is 10.5 Å². The number of piperidine rings is 1. The van der Waals surface area contributed by atoms with Crippen LogP contribution in [0.3, 0.4) is 0 Å². The number of benzene rings is 2. The van der Waals surface area contributed by atoms with Crippen LogP contribution in [0.2, 0.25) is 0 Å². The molecule has 252 valence electrons. The first-order valence-electron chi connectivity index (χ1n) is 16.3. The van der Waals surface area contributed by atoms with Crippen LogP contribution >= 0.6 is 0 Å². The molecule has 0 aliphatic carbocycles. The summed E-state index contributed by atoms with van der Waals surface area (Å²) in [5.74, 6) is 0.267. The molecule has 0 unspecified atom stereocenters. The van der Waals surface area contributed by atoms with Crippen LogP contribution in [0.5, 0.6) is 5.75 Å². The maximum Gasteiger partial charge on any atom is 0.319 e. The van der Waals surface area contributed by atoms with E-state index in [1.807, 2.05) is 6.07 Å². The highest BCUT2D eigenvalue weighted by molar-refractivity contribution is 7.89. The van der Waals surface area contributed by atoms with Gasteiger partial charge in [0.2, 0.25) is 10.0 Å². The number of carbonyl (C=O) groups is 2. The van der Waals surface area contributed by atoms with Crippen LogP contribution in [0.25, 0.3) is 10.9 Å². The summed E-state index contributed by atoms with van der Waals surface area (Å²) in [6.45, 7) is 4.67. The number of aromatic amines is 1. The molecule has 4 rings (SSSR count). The monoisotopic (exact) mass is 656 g/mol. The van der Waals surface area contributed by atoms with Crippen molar-refractivity contribution < 1.29 is 27.9 Å². The molecule has 7 N–H and O–H groups in total. The summed E-state index contributed by atoms with van der Waals surface area (Å²) in [4.78, 5) is 26.8. The minimum absolute atomic E-state index is 0.0675. The number of H-pyrrole nitrogens is 1. The van der Waals surface area contributed by atoms with E-state index in [1.54, 1.807) is 30.3 Å². The number of nitrogens with two attached hydrogens (primary N) is 1. The third-order valence-corrected chi connectivity index (χ3v) is 10.2. The second-order valence-corrected chi connectivity index (χ2v) is 13.8. The average molecular weight is 657 g/mol. The number of urea groups is 1. The van der Waals surface area contributed by atoms with Crippen molar-refractivity contribution in [3.8, 4) is 5.75 Å². The van der Waals surface area contributed by atoms with E-state index < -0.39 is 22.0 Å². The third kappa shape index (κ3) is 10.2. The van der Waals surface area contributed by atoms with Gasteiger partial charge in [-0.15, -0.1) is 0 Å². The summed E-state index contributed by atoms with van der Waals surface area (Å²) < 4.78 is 33.8. The third-order valence-electron chi connectivity index (χ3n) is 8.27. The zero-order valence-electron chi connectivity index (χ0n) is 26.6. The van der Waals surface area contributed by atoms with Gasteiger partial charge >= 0.3 is 6.03 Å². The molecule has 1 aromatic heterocycles. The number of fused-ring (bicyclic) bond motifs is 1. The van der Waals surface area contributed by atoms with Crippen LogP contribution in [0.4, 0.5) is 10.5 Å². The lowest BCUT2D eigenvalue weighted by Crippen LogP contribution is -2.42. The number of aliphatic hydroxyl groups excluding tert-OH is 1. The molecule has 2 heterocycles. The molecule has 1 fully saturated rings. The Morgan fingerprint density at radius 2 is 1.78 bits per heavy atom. The second kappa shape index (κ2) is 17.3. The summed E-state index contributed by atoms with van der Waals surface area (Å²) in [7, 11) is -3.64. The van der Waals surface area contributed by atoms with E-state index in [1.165, 1.54) is 42.1 Å². The Labute approximate surface area is 271 Å². The number of carbonyl (C=O) groups excluding carboxylic acids is 2. The number of nitrogens with one attached hydrogen (secondary N) is 4. The van der Waals surface area contributed by atoms with Crippen molar-refractivity contribution in [2.45, 2.75) is 69.3 Å². The zero-order chi connectivity index (χ0) is 32.9. The molecule has 46 heavy (non-hydrogen) atoms. The molecule has 1 atom stereocenters. The average Bonchev–Trinajstić information content (AvgIpc) is 3.50. The van der Waals surface area contributed by atoms with Gasteiger partial charge in [0.15, 0.2) is 0 Å². The van der Waals surface area contributed by atoms with E-state index in [0.717, 1.165) is 18.4 Å². The number of rotatable bonds is 18. The fourth-order valence-corrected chi connectivity index (χ4v) is 7.05. The van der Waals surface area contributed by atoms with Gasteiger partial charge in [-0.1, -0.05) is 45.1 Å². The van der Waals surface area contributed by atoms with Gasteiger partial charge in [0.25, 0.3) is 5.91 Å². The number of hydrogen-bond acceptors (Lipinski definition) is 7. The maximum atomic E-state index is 13.2. The summed E-state index contributed by atoms with van der Waals surface area (Å²) in [5.41, 5.74) is 6.91. The van der Waals surface area contributed by atoms with Crippen LogP contribution in [0.1, 0.15) is 68.8 Å². The van der Waals surface area contributed by atoms with E-state index in [0.29, 0.717) is 62.4 Å². The van der Waals surface area contributed by atoms with Crippen LogP contribution in [-0.2, 0) is 10.0 Å². The van der Waals surface area contributed by atoms with Gasteiger partial charge in [0.05, 0.1) is 4.90 Å². The van der Waals surface area contributed by atoms with Gasteiger partial charge in [0.1, 0.15) is 24.2 Å². The Morgan fingerprint density at radius 1 is 1.07 bits per heavy atom. The number of unbranched alkanes of at least 4 members (excludes halogenated alkanes) is 5. The molecule has 1 aliphatic heterocycles. The van der Waals surface area contributed by atoms with Crippen molar-refractivity contribution in [1.82, 2.24) is 19.9 Å². The molecule has 0 bridgehead atoms. The Bertz CT molecular complexity index is 1520. The topological polar surface area (TPSA) is 179 Å². The number of ether oxygens (including phenoxy) is 1. The summed E-state index contributed by atoms with van der Waals surface area (Å²) in [5, 5.41) is 20.1. The Balaban J connectivity index is 1.13. The fourth-order valence-electron chi connectivity index (χ4n) is 5.58. The van der Waals surface area contributed by atoms with Crippen LogP contribution in [0.15, 0.2) is 53.4 Å². The smallest absolute Gasteiger partial charge is 0.319 e. The van der Waals surface area contributed by atoms with Gasteiger partial charge in [-0.25, -0.2) is 13.2 Å². The summed E-state index contributed by atoms with van der Waals surface area (Å²) >= 11 is 0. The standard InChI is InChI=1S/C33H48N6O6S/c1-2-3-4-5-6-7-17-36-33(42)37-25-11-13-27(14-12-25)46(43,44)39-18-15-24(16-19-39)21-35-22-26(40)23-45-31-10-8-9-29-28(31)20-30(38-29)32(34)41/h8-14,20,24,26,35,38,40H,2-7,15-19,21-23H2,1H3,(H2,34,41)(H2,36,37,42)/t26-/m0/s1. The van der Waals surface area contributed by atoms with Crippen molar-refractivity contribution >= 4 is 38.6 Å². The first kappa shape index (κ1) is 35.2. The number of nitrogens with zero attached hydrogens (tertiary/aromatic N) is 1. The minimum atomic E-state index is -3.64. The number of amides is 3. The lowest BCUT2D eigenvalue weighted by molar-refractivity contribution is 0.0996. The maximum absolute atomic E-state index is 13.2. The lowest BCUT2D eigenvalue weighted by Gasteiger charge is -2.31. The SMILES string of the molecule is CCCCCCCCNC(=O)Nc1ccc(S(=O)(=O)N2CCC(CNC[C@H](O)COc3cccc4[nH]c(C(N)=O)cc34)CC2)cc1. The number of primary amides is 1. The Kier molecular flexibility index (Phi) is 13.3. The highest BCUT2D eigenvalue weighted by Gasteiger charge is 2.29. The summed E-state index contributed by atoms with van der Waals surface area (Å²) in [6.07, 6.45) is 7.55. The molecule has 3 aromatic rings. The van der Waals surface area contributed by atoms with Crippen molar-refractivity contribution in [3.05, 3.63) is 54.2 Å². The first-order chi connectivity index (χ1) is 22.2. The highest BCUT2D eigenvalue weighted by atomic mass is 32.2. The first-order valence-corrected chi connectivity index (χ1v) is 17.7. The van der Waals surface area contributed by atoms with Crippen LogP contribution in [-0.4, -0.2) is 80.2 Å². The molecular formula is C33H48N6O6S. The van der Waals surface area contributed by atoms with Crippen molar-refractivity contribution in [2.24, 2.45) is 11.7 Å². The fraction of sp³-hybridized carbons (Fsp3) is 0.515. The number of aromatic nitrogens is 1. The van der Waals surface area contributed by atoms with Crippen molar-refractivity contribution in [3.63, 3.8) is 0 Å². The quantitative estimate of drug-likeness (QED) is 0.111. The zero-order valence-corrected chi connectivity index (χ0v) is 27.4. The molecule has 0 saturated carbocycles. The Hall–Kier alpha value is -3.65. The van der Waals surface area contributed by atoms with Crippen molar-refractivity contribution in [1.29, 1.82) is 0 Å². The van der Waals surface area contributed by atoms with Crippen molar-refractivity contribution in [2.75, 3.05) is 44.6 Å². The molecule has 1 aliphatic rings. The second-order valence-electron chi connectivity index (χ2n) is 11.9. The molecule has 1 saturated heterocycles. The number of sulfonamides is 1. The molecular weight excluding hydrogens is 608 g/mol.